The molecule has 0 amide bonds. The minimum absolute atomic E-state index is 0.168. The Morgan fingerprint density at radius 3 is 2.53 bits per heavy atom. The molecule has 0 bridgehead atoms. The summed E-state index contributed by atoms with van der Waals surface area (Å²) in [7, 11) is 0. The quantitative estimate of drug-likeness (QED) is 0.751. The third kappa shape index (κ3) is 6.46. The Kier molecular flexibility index (Phi) is 6.68. The topological polar surface area (TPSA) is 34.2 Å². The van der Waals surface area contributed by atoms with Crippen LogP contribution in [0.25, 0.3) is 0 Å². The normalized spacial score (nSPS) is 12.8. The van der Waals surface area contributed by atoms with Crippen molar-refractivity contribution < 1.29 is 4.74 Å². The molecular weight excluding hydrogens is 236 g/mol. The monoisotopic (exact) mass is 264 g/mol. The van der Waals surface area contributed by atoms with Gasteiger partial charge in [0.1, 0.15) is 0 Å². The van der Waals surface area contributed by atoms with Crippen LogP contribution in [0.15, 0.2) is 18.3 Å². The standard InChI is InChI=1S/C16H28N2O/c1-12(2)8-6-9-14(5)18-16-15(19-13(3)4)10-7-11-17-16/h7,10-14H,6,8-9H2,1-5H3,(H,17,18). The number of anilines is 1. The maximum absolute atomic E-state index is 5.76. The van der Waals surface area contributed by atoms with E-state index in [1.165, 1.54) is 12.8 Å². The minimum Gasteiger partial charge on any atom is -0.487 e. The first kappa shape index (κ1) is 15.8. The van der Waals surface area contributed by atoms with Crippen LogP contribution in [0.2, 0.25) is 0 Å². The van der Waals surface area contributed by atoms with Crippen molar-refractivity contribution >= 4 is 5.82 Å². The number of rotatable bonds is 8. The van der Waals surface area contributed by atoms with E-state index in [2.05, 4.69) is 31.1 Å². The highest BCUT2D eigenvalue weighted by molar-refractivity contribution is 5.50. The summed E-state index contributed by atoms with van der Waals surface area (Å²) < 4.78 is 5.76. The zero-order chi connectivity index (χ0) is 14.3. The van der Waals surface area contributed by atoms with Crippen LogP contribution in [0.1, 0.15) is 53.9 Å². The van der Waals surface area contributed by atoms with Crippen molar-refractivity contribution in [3.8, 4) is 5.75 Å². The van der Waals surface area contributed by atoms with E-state index in [1.807, 2.05) is 26.0 Å². The molecule has 1 N–H and O–H groups in total. The van der Waals surface area contributed by atoms with E-state index < -0.39 is 0 Å². The predicted molar refractivity (Wildman–Crippen MR) is 81.8 cm³/mol. The van der Waals surface area contributed by atoms with Gasteiger partial charge in [-0.25, -0.2) is 4.98 Å². The summed E-state index contributed by atoms with van der Waals surface area (Å²) >= 11 is 0. The van der Waals surface area contributed by atoms with Crippen LogP contribution in [-0.4, -0.2) is 17.1 Å². The van der Waals surface area contributed by atoms with Crippen molar-refractivity contribution in [3.05, 3.63) is 18.3 Å². The van der Waals surface area contributed by atoms with Gasteiger partial charge in [0.2, 0.25) is 0 Å². The second kappa shape index (κ2) is 8.03. The fourth-order valence-electron chi connectivity index (χ4n) is 1.99. The first-order valence-electron chi connectivity index (χ1n) is 7.37. The smallest absolute Gasteiger partial charge is 0.168 e. The number of hydrogen-bond acceptors (Lipinski definition) is 3. The average Bonchev–Trinajstić information content (AvgIpc) is 2.30. The predicted octanol–water partition coefficient (Wildman–Crippen LogP) is 4.50. The molecule has 3 nitrogen and oxygen atoms in total. The summed E-state index contributed by atoms with van der Waals surface area (Å²) in [6.45, 7) is 10.8. The number of nitrogens with zero attached hydrogens (tertiary/aromatic N) is 1. The van der Waals surface area contributed by atoms with Crippen molar-refractivity contribution in [2.75, 3.05) is 5.32 Å². The minimum atomic E-state index is 0.168. The Labute approximate surface area is 117 Å². The summed E-state index contributed by atoms with van der Waals surface area (Å²) in [5.41, 5.74) is 0. The van der Waals surface area contributed by atoms with E-state index >= 15 is 0 Å². The molecular formula is C16H28N2O. The summed E-state index contributed by atoms with van der Waals surface area (Å²) in [5.74, 6) is 2.48. The van der Waals surface area contributed by atoms with E-state index in [-0.39, 0.29) is 6.10 Å². The molecule has 1 aromatic heterocycles. The van der Waals surface area contributed by atoms with Gasteiger partial charge >= 0.3 is 0 Å². The van der Waals surface area contributed by atoms with Gasteiger partial charge in [0.15, 0.2) is 11.6 Å². The second-order valence-electron chi connectivity index (χ2n) is 5.89. The average molecular weight is 264 g/mol. The van der Waals surface area contributed by atoms with Crippen molar-refractivity contribution in [2.24, 2.45) is 5.92 Å². The highest BCUT2D eigenvalue weighted by Crippen LogP contribution is 2.23. The van der Waals surface area contributed by atoms with Crippen LogP contribution in [0.3, 0.4) is 0 Å². The molecule has 1 atom stereocenters. The first-order valence-corrected chi connectivity index (χ1v) is 7.37. The van der Waals surface area contributed by atoms with Crippen LogP contribution in [0.4, 0.5) is 5.82 Å². The van der Waals surface area contributed by atoms with E-state index in [0.29, 0.717) is 6.04 Å². The lowest BCUT2D eigenvalue weighted by Gasteiger charge is -2.18. The third-order valence-electron chi connectivity index (χ3n) is 2.94. The molecule has 0 radical (unpaired) electrons. The molecule has 0 aromatic carbocycles. The zero-order valence-electron chi connectivity index (χ0n) is 12.9. The van der Waals surface area contributed by atoms with Crippen molar-refractivity contribution in [3.63, 3.8) is 0 Å². The lowest BCUT2D eigenvalue weighted by Crippen LogP contribution is -2.18. The fourth-order valence-corrected chi connectivity index (χ4v) is 1.99. The fraction of sp³-hybridized carbons (Fsp3) is 0.688. The molecule has 0 aliphatic heterocycles. The van der Waals surface area contributed by atoms with Crippen LogP contribution < -0.4 is 10.1 Å². The first-order chi connectivity index (χ1) is 8.99. The largest absolute Gasteiger partial charge is 0.487 e. The molecule has 1 rings (SSSR count). The molecule has 0 aliphatic carbocycles. The van der Waals surface area contributed by atoms with Gasteiger partial charge in [-0.2, -0.15) is 0 Å². The lowest BCUT2D eigenvalue weighted by molar-refractivity contribution is 0.242. The van der Waals surface area contributed by atoms with Crippen LogP contribution in [0, 0.1) is 5.92 Å². The maximum atomic E-state index is 5.76. The SMILES string of the molecule is CC(C)CCCC(C)Nc1ncccc1OC(C)C. The van der Waals surface area contributed by atoms with E-state index in [1.54, 1.807) is 6.20 Å². The molecule has 0 fully saturated rings. The highest BCUT2D eigenvalue weighted by atomic mass is 16.5. The maximum Gasteiger partial charge on any atom is 0.168 e. The summed E-state index contributed by atoms with van der Waals surface area (Å²) in [6.07, 6.45) is 5.66. The molecule has 0 saturated carbocycles. The number of aromatic nitrogens is 1. The Morgan fingerprint density at radius 2 is 1.89 bits per heavy atom. The van der Waals surface area contributed by atoms with Crippen molar-refractivity contribution in [2.45, 2.75) is 66.0 Å². The van der Waals surface area contributed by atoms with Crippen LogP contribution >= 0.6 is 0 Å². The molecule has 3 heteroatoms. The van der Waals surface area contributed by atoms with Crippen LogP contribution in [0.5, 0.6) is 5.75 Å². The molecule has 0 aliphatic rings. The van der Waals surface area contributed by atoms with E-state index in [9.17, 15) is 0 Å². The van der Waals surface area contributed by atoms with Gasteiger partial charge < -0.3 is 10.1 Å². The van der Waals surface area contributed by atoms with Crippen LogP contribution in [-0.2, 0) is 0 Å². The Morgan fingerprint density at radius 1 is 1.16 bits per heavy atom. The van der Waals surface area contributed by atoms with Gasteiger partial charge in [0.05, 0.1) is 6.10 Å². The molecule has 19 heavy (non-hydrogen) atoms. The molecule has 0 spiro atoms. The summed E-state index contributed by atoms with van der Waals surface area (Å²) in [6, 6.07) is 4.30. The molecule has 1 heterocycles. The van der Waals surface area contributed by atoms with Gasteiger partial charge in [0, 0.05) is 12.2 Å². The van der Waals surface area contributed by atoms with E-state index in [0.717, 1.165) is 23.9 Å². The highest BCUT2D eigenvalue weighted by Gasteiger charge is 2.09. The summed E-state index contributed by atoms with van der Waals surface area (Å²) in [5, 5.41) is 3.45. The van der Waals surface area contributed by atoms with Gasteiger partial charge in [-0.05, 0) is 45.2 Å². The Hall–Kier alpha value is -1.25. The molecule has 0 saturated heterocycles. The number of pyridine rings is 1. The molecule has 1 unspecified atom stereocenters. The second-order valence-corrected chi connectivity index (χ2v) is 5.89. The number of nitrogens with one attached hydrogen (secondary N) is 1. The third-order valence-corrected chi connectivity index (χ3v) is 2.94. The Bertz CT molecular complexity index is 364. The Balaban J connectivity index is 2.51. The lowest BCUT2D eigenvalue weighted by atomic mass is 10.0. The van der Waals surface area contributed by atoms with E-state index in [4.69, 9.17) is 4.74 Å². The zero-order valence-corrected chi connectivity index (χ0v) is 12.9. The molecule has 1 aromatic rings. The van der Waals surface area contributed by atoms with Gasteiger partial charge in [-0.15, -0.1) is 0 Å². The van der Waals surface area contributed by atoms with Crippen molar-refractivity contribution in [1.29, 1.82) is 0 Å². The number of ether oxygens (including phenoxy) is 1. The summed E-state index contributed by atoms with van der Waals surface area (Å²) in [4.78, 5) is 4.38. The van der Waals surface area contributed by atoms with Crippen molar-refractivity contribution in [1.82, 2.24) is 4.98 Å². The van der Waals surface area contributed by atoms with Gasteiger partial charge in [-0.3, -0.25) is 0 Å². The molecule has 108 valence electrons. The van der Waals surface area contributed by atoms with Gasteiger partial charge in [-0.1, -0.05) is 26.7 Å². The van der Waals surface area contributed by atoms with Gasteiger partial charge in [0.25, 0.3) is 0 Å². The number of hydrogen-bond donors (Lipinski definition) is 1.